The maximum atomic E-state index is 13.5. The van der Waals surface area contributed by atoms with E-state index < -0.39 is 17.4 Å². The lowest BCUT2D eigenvalue weighted by Gasteiger charge is -2.16. The standard InChI is InChI=1S/C18H14ClFN4O2/c1-9(22-15-4-3-11(8-21)24(2)18(15)26)12-5-10-6-13(19)14(20)7-16(10)23-17(12)25/h3-7,9,22H,1-2H3,(H,23,25). The van der Waals surface area contributed by atoms with Gasteiger partial charge < -0.3 is 14.9 Å². The summed E-state index contributed by atoms with van der Waals surface area (Å²) in [4.78, 5) is 27.3. The Morgan fingerprint density at radius 2 is 2.04 bits per heavy atom. The monoisotopic (exact) mass is 372 g/mol. The molecule has 0 bridgehead atoms. The van der Waals surface area contributed by atoms with Gasteiger partial charge in [-0.05, 0) is 37.3 Å². The highest BCUT2D eigenvalue weighted by molar-refractivity contribution is 6.31. The van der Waals surface area contributed by atoms with Crippen LogP contribution in [-0.4, -0.2) is 9.55 Å². The predicted octanol–water partition coefficient (Wildman–Crippen LogP) is 3.06. The lowest BCUT2D eigenvalue weighted by molar-refractivity contribution is 0.629. The largest absolute Gasteiger partial charge is 0.374 e. The first-order valence-electron chi connectivity index (χ1n) is 7.70. The van der Waals surface area contributed by atoms with Gasteiger partial charge in [0.25, 0.3) is 11.1 Å². The van der Waals surface area contributed by atoms with Gasteiger partial charge in [0.2, 0.25) is 0 Å². The van der Waals surface area contributed by atoms with Crippen LogP contribution in [0.2, 0.25) is 5.02 Å². The number of benzene rings is 1. The highest BCUT2D eigenvalue weighted by Gasteiger charge is 2.15. The van der Waals surface area contributed by atoms with Crippen molar-refractivity contribution in [1.29, 1.82) is 5.26 Å². The molecule has 0 spiro atoms. The van der Waals surface area contributed by atoms with Crippen LogP contribution in [0.1, 0.15) is 24.2 Å². The van der Waals surface area contributed by atoms with Crippen LogP contribution in [0.15, 0.2) is 39.9 Å². The third kappa shape index (κ3) is 3.07. The van der Waals surface area contributed by atoms with Gasteiger partial charge in [0.15, 0.2) is 0 Å². The van der Waals surface area contributed by atoms with E-state index in [1.54, 1.807) is 13.0 Å². The molecule has 2 N–H and O–H groups in total. The molecular formula is C18H14ClFN4O2. The molecule has 3 rings (SSSR count). The number of nitrogens with zero attached hydrogens (tertiary/aromatic N) is 2. The number of aromatic amines is 1. The van der Waals surface area contributed by atoms with Gasteiger partial charge in [-0.1, -0.05) is 11.6 Å². The van der Waals surface area contributed by atoms with Gasteiger partial charge in [0.05, 0.1) is 16.6 Å². The molecule has 8 heteroatoms. The minimum absolute atomic E-state index is 0.0444. The molecule has 132 valence electrons. The number of nitriles is 1. The molecule has 0 fully saturated rings. The molecule has 26 heavy (non-hydrogen) atoms. The van der Waals surface area contributed by atoms with Crippen molar-refractivity contribution in [1.82, 2.24) is 9.55 Å². The lowest BCUT2D eigenvalue weighted by atomic mass is 10.1. The smallest absolute Gasteiger partial charge is 0.274 e. The molecule has 3 aromatic rings. The topological polar surface area (TPSA) is 90.7 Å². The number of H-pyrrole nitrogens is 1. The van der Waals surface area contributed by atoms with Crippen molar-refractivity contribution in [2.75, 3.05) is 5.32 Å². The van der Waals surface area contributed by atoms with Gasteiger partial charge in [-0.2, -0.15) is 5.26 Å². The summed E-state index contributed by atoms with van der Waals surface area (Å²) in [5.41, 5.74) is 0.417. The summed E-state index contributed by atoms with van der Waals surface area (Å²) < 4.78 is 14.8. The number of pyridine rings is 2. The Bertz CT molecular complexity index is 1180. The van der Waals surface area contributed by atoms with E-state index in [-0.39, 0.29) is 22.0 Å². The Labute approximate surface area is 152 Å². The summed E-state index contributed by atoms with van der Waals surface area (Å²) in [5.74, 6) is -0.616. The zero-order valence-corrected chi connectivity index (χ0v) is 14.7. The van der Waals surface area contributed by atoms with E-state index in [1.807, 2.05) is 6.07 Å². The quantitative estimate of drug-likeness (QED) is 0.739. The van der Waals surface area contributed by atoms with Gasteiger partial charge in [-0.25, -0.2) is 4.39 Å². The normalized spacial score (nSPS) is 12.0. The van der Waals surface area contributed by atoms with Gasteiger partial charge in [-0.15, -0.1) is 0 Å². The van der Waals surface area contributed by atoms with Crippen LogP contribution in [0.3, 0.4) is 0 Å². The van der Waals surface area contributed by atoms with Crippen molar-refractivity contribution in [3.05, 3.63) is 73.1 Å². The minimum Gasteiger partial charge on any atom is -0.374 e. The number of halogens is 2. The number of aromatic nitrogens is 2. The molecule has 2 aromatic heterocycles. The van der Waals surface area contributed by atoms with Crippen LogP contribution < -0.4 is 16.4 Å². The average molecular weight is 373 g/mol. The molecular weight excluding hydrogens is 359 g/mol. The number of nitrogens with one attached hydrogen (secondary N) is 2. The van der Waals surface area contributed by atoms with E-state index in [1.165, 1.54) is 29.8 Å². The molecule has 0 amide bonds. The van der Waals surface area contributed by atoms with Crippen molar-refractivity contribution in [2.45, 2.75) is 13.0 Å². The fourth-order valence-electron chi connectivity index (χ4n) is 2.71. The first-order valence-corrected chi connectivity index (χ1v) is 8.08. The van der Waals surface area contributed by atoms with E-state index in [0.717, 1.165) is 6.07 Å². The van der Waals surface area contributed by atoms with Gasteiger partial charge in [0, 0.05) is 18.0 Å². The minimum atomic E-state index is -0.616. The van der Waals surface area contributed by atoms with Crippen LogP contribution in [0.5, 0.6) is 0 Å². The van der Waals surface area contributed by atoms with Crippen LogP contribution in [0.4, 0.5) is 10.1 Å². The summed E-state index contributed by atoms with van der Waals surface area (Å²) in [6, 6.07) is 8.63. The molecule has 0 aliphatic rings. The van der Waals surface area contributed by atoms with Crippen LogP contribution in [-0.2, 0) is 7.05 Å². The summed E-state index contributed by atoms with van der Waals surface area (Å²) in [5, 5.41) is 12.5. The third-order valence-corrected chi connectivity index (χ3v) is 4.46. The van der Waals surface area contributed by atoms with E-state index >= 15 is 0 Å². The third-order valence-electron chi connectivity index (χ3n) is 4.17. The van der Waals surface area contributed by atoms with Crippen molar-refractivity contribution < 1.29 is 4.39 Å². The highest BCUT2D eigenvalue weighted by Crippen LogP contribution is 2.23. The number of hydrogen-bond acceptors (Lipinski definition) is 4. The zero-order valence-electron chi connectivity index (χ0n) is 13.9. The second-order valence-electron chi connectivity index (χ2n) is 5.88. The Balaban J connectivity index is 2.02. The molecule has 2 heterocycles. The second kappa shape index (κ2) is 6.65. The number of hydrogen-bond donors (Lipinski definition) is 2. The average Bonchev–Trinajstić information content (AvgIpc) is 2.60. The Hall–Kier alpha value is -3.11. The summed E-state index contributed by atoms with van der Waals surface area (Å²) in [6.45, 7) is 1.72. The molecule has 0 saturated carbocycles. The molecule has 0 aliphatic heterocycles. The molecule has 1 unspecified atom stereocenters. The molecule has 0 radical (unpaired) electrons. The van der Waals surface area contributed by atoms with Crippen molar-refractivity contribution in [2.24, 2.45) is 7.05 Å². The van der Waals surface area contributed by atoms with E-state index in [4.69, 9.17) is 16.9 Å². The highest BCUT2D eigenvalue weighted by atomic mass is 35.5. The first-order chi connectivity index (χ1) is 12.3. The maximum Gasteiger partial charge on any atom is 0.274 e. The SMILES string of the molecule is CC(Nc1ccc(C#N)n(C)c1=O)c1cc2cc(Cl)c(F)cc2[nH]c1=O. The number of anilines is 1. The van der Waals surface area contributed by atoms with Crippen LogP contribution >= 0.6 is 11.6 Å². The number of rotatable bonds is 3. The van der Waals surface area contributed by atoms with Crippen molar-refractivity contribution in [3.63, 3.8) is 0 Å². The summed E-state index contributed by atoms with van der Waals surface area (Å²) in [7, 11) is 1.50. The van der Waals surface area contributed by atoms with Crippen LogP contribution in [0.25, 0.3) is 10.9 Å². The summed E-state index contributed by atoms with van der Waals surface area (Å²) >= 11 is 5.80. The second-order valence-corrected chi connectivity index (χ2v) is 6.29. The maximum absolute atomic E-state index is 13.5. The van der Waals surface area contributed by atoms with Gasteiger partial charge in [-0.3, -0.25) is 9.59 Å². The van der Waals surface area contributed by atoms with E-state index in [9.17, 15) is 14.0 Å². The van der Waals surface area contributed by atoms with Gasteiger partial charge >= 0.3 is 0 Å². The Morgan fingerprint density at radius 3 is 2.73 bits per heavy atom. The van der Waals surface area contributed by atoms with Crippen LogP contribution in [0, 0.1) is 17.1 Å². The zero-order chi connectivity index (χ0) is 19.0. The summed E-state index contributed by atoms with van der Waals surface area (Å²) in [6.07, 6.45) is 0. The van der Waals surface area contributed by atoms with Gasteiger partial charge in [0.1, 0.15) is 23.3 Å². The lowest BCUT2D eigenvalue weighted by Crippen LogP contribution is -2.26. The fourth-order valence-corrected chi connectivity index (χ4v) is 2.88. The van der Waals surface area contributed by atoms with Crippen molar-refractivity contribution >= 4 is 28.2 Å². The molecule has 1 atom stereocenters. The van der Waals surface area contributed by atoms with E-state index in [2.05, 4.69) is 10.3 Å². The number of fused-ring (bicyclic) bond motifs is 1. The Morgan fingerprint density at radius 1 is 1.31 bits per heavy atom. The van der Waals surface area contributed by atoms with E-state index in [0.29, 0.717) is 16.5 Å². The molecule has 6 nitrogen and oxygen atoms in total. The predicted molar refractivity (Wildman–Crippen MR) is 98.0 cm³/mol. The first kappa shape index (κ1) is 17.7. The molecule has 0 saturated heterocycles. The molecule has 0 aliphatic carbocycles. The molecule has 1 aromatic carbocycles. The Kier molecular flexibility index (Phi) is 4.53. The van der Waals surface area contributed by atoms with Crippen molar-refractivity contribution in [3.8, 4) is 6.07 Å². The fraction of sp³-hybridized carbons (Fsp3) is 0.167.